The summed E-state index contributed by atoms with van der Waals surface area (Å²) in [6, 6.07) is 0. The predicted octanol–water partition coefficient (Wildman–Crippen LogP) is 4.06. The number of rotatable bonds is 9. The number of carbonyl (C=O) groups is 2. The number of Topliss-reactive ketones (excluding diaryl/α,β-unsaturated/α-hetero) is 1. The minimum Gasteiger partial charge on any atom is -0.461 e. The molecule has 3 nitrogen and oxygen atoms in total. The normalized spacial score (nSPS) is 22.6. The van der Waals surface area contributed by atoms with E-state index >= 15 is 0 Å². The van der Waals surface area contributed by atoms with Crippen molar-refractivity contribution in [2.24, 2.45) is 11.8 Å². The van der Waals surface area contributed by atoms with E-state index in [4.69, 9.17) is 4.74 Å². The molecule has 20 heavy (non-hydrogen) atoms. The molecule has 0 bridgehead atoms. The van der Waals surface area contributed by atoms with E-state index in [1.165, 1.54) is 0 Å². The highest BCUT2D eigenvalue weighted by Crippen LogP contribution is 2.35. The predicted molar refractivity (Wildman–Crippen MR) is 80.4 cm³/mol. The number of carbonyl (C=O) groups excluding carboxylic acids is 2. The minimum absolute atomic E-state index is 0.160. The van der Waals surface area contributed by atoms with Crippen molar-refractivity contribution in [2.45, 2.75) is 65.2 Å². The quantitative estimate of drug-likeness (QED) is 0.472. The van der Waals surface area contributed by atoms with E-state index in [0.29, 0.717) is 37.6 Å². The molecule has 0 aromatic rings. The summed E-state index contributed by atoms with van der Waals surface area (Å²) in [5, 5.41) is 0. The number of unbranched alkanes of at least 4 members (excludes halogenated alkanes) is 2. The molecule has 1 aliphatic rings. The topological polar surface area (TPSA) is 43.4 Å². The molecule has 0 saturated heterocycles. The fraction of sp³-hybridized carbons (Fsp3) is 0.765. The lowest BCUT2D eigenvalue weighted by atomic mass is 9.89. The summed E-state index contributed by atoms with van der Waals surface area (Å²) in [7, 11) is 0. The Morgan fingerprint density at radius 1 is 1.20 bits per heavy atom. The number of esters is 1. The molecule has 0 radical (unpaired) electrons. The summed E-state index contributed by atoms with van der Waals surface area (Å²) in [5.74, 6) is 0.755. The summed E-state index contributed by atoms with van der Waals surface area (Å²) < 4.78 is 5.20. The Hall–Kier alpha value is -1.12. The van der Waals surface area contributed by atoms with E-state index in [-0.39, 0.29) is 11.9 Å². The highest BCUT2D eigenvalue weighted by atomic mass is 16.5. The molecule has 2 atom stereocenters. The number of hydrogen-bond donors (Lipinski definition) is 0. The Kier molecular flexibility index (Phi) is 8.24. The zero-order chi connectivity index (χ0) is 14.8. The van der Waals surface area contributed by atoms with Gasteiger partial charge >= 0.3 is 5.97 Å². The van der Waals surface area contributed by atoms with Gasteiger partial charge in [-0.3, -0.25) is 9.59 Å². The van der Waals surface area contributed by atoms with Gasteiger partial charge in [-0.2, -0.15) is 0 Å². The van der Waals surface area contributed by atoms with E-state index in [2.05, 4.69) is 13.8 Å². The van der Waals surface area contributed by atoms with Gasteiger partial charge in [0, 0.05) is 19.3 Å². The maximum Gasteiger partial charge on any atom is 0.306 e. The molecule has 0 spiro atoms. The first kappa shape index (κ1) is 16.9. The van der Waals surface area contributed by atoms with E-state index in [1.54, 1.807) is 0 Å². The molecule has 114 valence electrons. The molecule has 0 heterocycles. The Morgan fingerprint density at radius 3 is 2.65 bits per heavy atom. The maximum atomic E-state index is 11.8. The van der Waals surface area contributed by atoms with Crippen LogP contribution < -0.4 is 0 Å². The van der Waals surface area contributed by atoms with Crippen LogP contribution in [0.1, 0.15) is 65.2 Å². The minimum atomic E-state index is -0.160. The molecule has 0 aromatic heterocycles. The smallest absolute Gasteiger partial charge is 0.306 e. The molecule has 0 aliphatic heterocycles. The van der Waals surface area contributed by atoms with Crippen molar-refractivity contribution in [3.63, 3.8) is 0 Å². The van der Waals surface area contributed by atoms with Gasteiger partial charge < -0.3 is 4.74 Å². The Balaban J connectivity index is 2.29. The first-order chi connectivity index (χ1) is 9.67. The van der Waals surface area contributed by atoms with Crippen LogP contribution in [0.15, 0.2) is 12.2 Å². The second-order valence-electron chi connectivity index (χ2n) is 5.76. The van der Waals surface area contributed by atoms with E-state index < -0.39 is 0 Å². The van der Waals surface area contributed by atoms with Crippen LogP contribution in [0.2, 0.25) is 0 Å². The molecule has 0 N–H and O–H groups in total. The van der Waals surface area contributed by atoms with Crippen molar-refractivity contribution < 1.29 is 14.3 Å². The van der Waals surface area contributed by atoms with Crippen LogP contribution in [-0.2, 0) is 14.3 Å². The summed E-state index contributed by atoms with van der Waals surface area (Å²) >= 11 is 0. The number of ketones is 1. The van der Waals surface area contributed by atoms with Crippen molar-refractivity contribution >= 4 is 11.8 Å². The molecule has 0 aromatic carbocycles. The van der Waals surface area contributed by atoms with Crippen molar-refractivity contribution in [3.8, 4) is 0 Å². The molecule has 1 fully saturated rings. The summed E-state index contributed by atoms with van der Waals surface area (Å²) in [4.78, 5) is 23.4. The van der Waals surface area contributed by atoms with Gasteiger partial charge in [0.25, 0.3) is 0 Å². The lowest BCUT2D eigenvalue weighted by Crippen LogP contribution is -2.15. The standard InChI is InChI=1S/C17H28O3/c1-3-5-7-8-10-20-17(19)13-15-12-16(18)11-14(15)9-6-4-2/h7-8,14-15H,3-6,9-13H2,1-2H3/b8-7+. The van der Waals surface area contributed by atoms with Crippen molar-refractivity contribution in [3.05, 3.63) is 12.2 Å². The number of hydrogen-bond acceptors (Lipinski definition) is 3. The average molecular weight is 280 g/mol. The fourth-order valence-corrected chi connectivity index (χ4v) is 2.81. The average Bonchev–Trinajstić information content (AvgIpc) is 2.76. The molecular weight excluding hydrogens is 252 g/mol. The summed E-state index contributed by atoms with van der Waals surface area (Å²) in [6.45, 7) is 4.63. The molecule has 1 aliphatic carbocycles. The third-order valence-corrected chi connectivity index (χ3v) is 3.97. The van der Waals surface area contributed by atoms with Crippen molar-refractivity contribution in [1.29, 1.82) is 0 Å². The van der Waals surface area contributed by atoms with Crippen LogP contribution >= 0.6 is 0 Å². The van der Waals surface area contributed by atoms with E-state index in [9.17, 15) is 9.59 Å². The van der Waals surface area contributed by atoms with Crippen molar-refractivity contribution in [2.75, 3.05) is 6.61 Å². The highest BCUT2D eigenvalue weighted by molar-refractivity contribution is 5.82. The largest absolute Gasteiger partial charge is 0.461 e. The van der Waals surface area contributed by atoms with E-state index in [1.807, 2.05) is 12.2 Å². The van der Waals surface area contributed by atoms with Crippen LogP contribution in [-0.4, -0.2) is 18.4 Å². The number of allylic oxidation sites excluding steroid dienone is 1. The lowest BCUT2D eigenvalue weighted by molar-refractivity contribution is -0.143. The molecule has 1 rings (SSSR count). The van der Waals surface area contributed by atoms with Crippen LogP contribution in [0.25, 0.3) is 0 Å². The zero-order valence-corrected chi connectivity index (χ0v) is 12.9. The maximum absolute atomic E-state index is 11.8. The molecule has 3 heteroatoms. The zero-order valence-electron chi connectivity index (χ0n) is 12.9. The van der Waals surface area contributed by atoms with Gasteiger partial charge in [-0.15, -0.1) is 0 Å². The van der Waals surface area contributed by atoms with Crippen molar-refractivity contribution in [1.82, 2.24) is 0 Å². The second kappa shape index (κ2) is 9.73. The monoisotopic (exact) mass is 280 g/mol. The third-order valence-electron chi connectivity index (χ3n) is 3.97. The van der Waals surface area contributed by atoms with Crippen LogP contribution in [0.3, 0.4) is 0 Å². The van der Waals surface area contributed by atoms with Gasteiger partial charge in [0.2, 0.25) is 0 Å². The third kappa shape index (κ3) is 6.36. The lowest BCUT2D eigenvalue weighted by Gasteiger charge is -2.17. The summed E-state index contributed by atoms with van der Waals surface area (Å²) in [5.41, 5.74) is 0. The molecule has 0 amide bonds. The van der Waals surface area contributed by atoms with Gasteiger partial charge in [0.15, 0.2) is 0 Å². The van der Waals surface area contributed by atoms with Crippen LogP contribution in [0, 0.1) is 11.8 Å². The van der Waals surface area contributed by atoms with E-state index in [0.717, 1.165) is 32.1 Å². The summed E-state index contributed by atoms with van der Waals surface area (Å²) in [6.07, 6.45) is 11.0. The Bertz CT molecular complexity index is 333. The highest BCUT2D eigenvalue weighted by Gasteiger charge is 2.33. The van der Waals surface area contributed by atoms with Crippen LogP contribution in [0.4, 0.5) is 0 Å². The fourth-order valence-electron chi connectivity index (χ4n) is 2.81. The second-order valence-corrected chi connectivity index (χ2v) is 5.76. The van der Waals surface area contributed by atoms with Gasteiger partial charge in [-0.25, -0.2) is 0 Å². The molecular formula is C17H28O3. The Morgan fingerprint density at radius 2 is 1.95 bits per heavy atom. The van der Waals surface area contributed by atoms with Gasteiger partial charge in [0.05, 0.1) is 0 Å². The van der Waals surface area contributed by atoms with Gasteiger partial charge in [-0.1, -0.05) is 45.3 Å². The number of ether oxygens (including phenoxy) is 1. The molecule has 1 saturated carbocycles. The Labute approximate surface area is 122 Å². The van der Waals surface area contributed by atoms with Crippen LogP contribution in [0.5, 0.6) is 0 Å². The molecule has 2 unspecified atom stereocenters. The first-order valence-corrected chi connectivity index (χ1v) is 7.99. The first-order valence-electron chi connectivity index (χ1n) is 7.99. The van der Waals surface area contributed by atoms with Gasteiger partial charge in [-0.05, 0) is 24.7 Å². The van der Waals surface area contributed by atoms with Gasteiger partial charge in [0.1, 0.15) is 12.4 Å². The SMILES string of the molecule is CCC/C=C/COC(=O)CC1CC(=O)CC1CCCC.